The van der Waals surface area contributed by atoms with Crippen LogP contribution in [0.5, 0.6) is 0 Å². The standard InChI is InChI=1S/C72H90FN19O18S2/c1-5-34(2)59(90-71(109)60(35(3)93)91-67(105)47(81-36(4)94)22-38-28-78-44-13-8-6-11-42(38)44)70(108)89-54-32-112-111-31-53(69(107)87-52(72(110)92-20-10-15-55(92)61(76)99)23-39-29-79-45-14-9-7-12-43(39)45)88-66(104)51(27-58(97)98)86-63(101)48(24-41-30-77-33-80-41)83-62(100)46(21-37-16-18-40(73)19-17-37)82-64(102)49(25-56(74)95)84-65(103)50(26-57(75)96)85-68(54)106/h6-9,11-14,16-19,28-30,33-35,46-55,59-60,78-79,93H,5,10,15,20-27,31-32H2,1-4H3,(H2,74,95)(H2,75,96)(H2,76,99)(H,77,80)(H,81,94)(H,82,102)(H,83,100)(H,84,103)(H,85,106)(H,86,101)(H,87,107)(H,88,104)(H,89,108)(H,90,109)(H,91,105)(H,97,98)/t34-,35+,46-,47-,48-,49-,50-,51-,52-,53-,54-,55-,59-,60-/m0/s1. The zero-order valence-corrected chi connectivity index (χ0v) is 62.9. The van der Waals surface area contributed by atoms with Crippen LogP contribution in [0.15, 0.2) is 97.7 Å². The summed E-state index contributed by atoms with van der Waals surface area (Å²) >= 11 is 0. The van der Waals surface area contributed by atoms with Crippen molar-refractivity contribution in [2.75, 3.05) is 18.1 Å². The number of aliphatic carboxylic acids is 1. The van der Waals surface area contributed by atoms with Crippen molar-refractivity contribution in [1.82, 2.24) is 83.3 Å². The summed E-state index contributed by atoms with van der Waals surface area (Å²) in [5.74, 6) is -21.4. The fourth-order valence-corrected chi connectivity index (χ4v) is 15.0. The van der Waals surface area contributed by atoms with Gasteiger partial charge in [0.25, 0.3) is 0 Å². The number of imidazole rings is 1. The molecular weight excluding hydrogens is 1500 g/mol. The Morgan fingerprint density at radius 2 is 1.12 bits per heavy atom. The number of rotatable bonds is 28. The predicted molar refractivity (Wildman–Crippen MR) is 403 cm³/mol. The molecule has 0 spiro atoms. The molecule has 3 aromatic heterocycles. The quantitative estimate of drug-likeness (QED) is 0.0214. The first-order valence-corrected chi connectivity index (χ1v) is 38.2. The van der Waals surface area contributed by atoms with E-state index in [0.29, 0.717) is 50.0 Å². The molecule has 0 aliphatic carbocycles. The van der Waals surface area contributed by atoms with Crippen LogP contribution in [-0.4, -0.2) is 226 Å². The van der Waals surface area contributed by atoms with Crippen LogP contribution in [-0.2, 0) is 102 Å². The second-order valence-electron chi connectivity index (χ2n) is 27.2. The Labute approximate surface area is 647 Å². The molecule has 0 saturated carbocycles. The van der Waals surface area contributed by atoms with Crippen molar-refractivity contribution < 1.29 is 91.3 Å². The summed E-state index contributed by atoms with van der Waals surface area (Å²) < 4.78 is 14.4. The summed E-state index contributed by atoms with van der Waals surface area (Å²) in [6, 6.07) is -2.67. The van der Waals surface area contributed by atoms with E-state index in [1.807, 2.05) is 0 Å². The molecule has 2 aliphatic rings. The molecule has 5 heterocycles. The smallest absolute Gasteiger partial charge is 0.305 e. The van der Waals surface area contributed by atoms with Crippen LogP contribution in [0.3, 0.4) is 0 Å². The molecule has 14 atom stereocenters. The third kappa shape index (κ3) is 24.0. The Morgan fingerprint density at radius 1 is 0.607 bits per heavy atom. The molecule has 8 rings (SSSR count). The van der Waals surface area contributed by atoms with Crippen molar-refractivity contribution in [2.45, 2.75) is 171 Å². The minimum absolute atomic E-state index is 0.0380. The zero-order valence-electron chi connectivity index (χ0n) is 61.3. The lowest BCUT2D eigenvalue weighted by molar-refractivity contribution is -0.142. The number of aliphatic hydroxyl groups excluding tert-OH is 1. The number of aromatic amines is 3. The second kappa shape index (κ2) is 40.1. The van der Waals surface area contributed by atoms with E-state index in [0.717, 1.165) is 23.0 Å². The molecule has 6 aromatic rings. The lowest BCUT2D eigenvalue weighted by atomic mass is 9.97. The number of likely N-dealkylation sites (tertiary alicyclic amines) is 1. The molecule has 2 aliphatic heterocycles. The van der Waals surface area contributed by atoms with Gasteiger partial charge in [-0.05, 0) is 66.6 Å². The average Bonchev–Trinajstić information content (AvgIpc) is 1.59. The Hall–Kier alpha value is -11.9. The number of nitrogens with one attached hydrogen (secondary N) is 14. The minimum atomic E-state index is -2.13. The molecule has 3 aromatic carbocycles. The van der Waals surface area contributed by atoms with Gasteiger partial charge in [0.1, 0.15) is 78.3 Å². The maximum absolute atomic E-state index is 15.3. The van der Waals surface area contributed by atoms with Gasteiger partial charge in [0.05, 0.1) is 37.4 Å². The highest BCUT2D eigenvalue weighted by Gasteiger charge is 2.42. The molecule has 0 bridgehead atoms. The topological polar surface area (TPSA) is 587 Å². The fourth-order valence-electron chi connectivity index (χ4n) is 12.7. The normalized spacial score (nSPS) is 21.4. The lowest BCUT2D eigenvalue weighted by Gasteiger charge is -2.30. The summed E-state index contributed by atoms with van der Waals surface area (Å²) in [6.07, 6.45) is 0.0317. The highest BCUT2D eigenvalue weighted by Crippen LogP contribution is 2.27. The SMILES string of the molecule is CC[C@H](C)[C@H](NC(=O)[C@@H](NC(=O)[C@H](Cc1c[nH]c2ccccc12)NC(C)=O)[C@@H](C)O)C(=O)N[C@H]1CSSC[C@@H](C(=O)N[C@@H](Cc2c[nH]c3ccccc23)C(=O)N2CCC[C@H]2C(N)=O)NC(=O)[C@H](CC(=O)O)NC(=O)[C@H](Cc2c[nH]cn2)NC(=O)[C@H](Cc2ccc(F)cc2)NC(=O)[C@H](CC(N)=O)NC(=O)[C@H](CC(N)=O)NC1=O. The van der Waals surface area contributed by atoms with Gasteiger partial charge in [-0.3, -0.25) is 76.7 Å². The van der Waals surface area contributed by atoms with Gasteiger partial charge in [-0.25, -0.2) is 9.37 Å². The third-order valence-corrected chi connectivity index (χ3v) is 21.1. The predicted octanol–water partition coefficient (Wildman–Crippen LogP) is -3.34. The number of carboxylic acids is 1. The maximum atomic E-state index is 15.3. The number of nitrogens with two attached hydrogens (primary N) is 3. The van der Waals surface area contributed by atoms with Crippen molar-refractivity contribution in [1.29, 1.82) is 0 Å². The van der Waals surface area contributed by atoms with E-state index in [1.165, 1.54) is 50.3 Å². The van der Waals surface area contributed by atoms with Gasteiger partial charge in [0.2, 0.25) is 88.6 Å². The van der Waals surface area contributed by atoms with E-state index in [2.05, 4.69) is 78.4 Å². The number of hydrogen-bond donors (Lipinski definition) is 19. The van der Waals surface area contributed by atoms with Crippen molar-refractivity contribution in [3.8, 4) is 0 Å². The molecule has 37 nitrogen and oxygen atoms in total. The Bertz CT molecular complexity index is 4470. The van der Waals surface area contributed by atoms with E-state index in [9.17, 15) is 76.9 Å². The molecule has 600 valence electrons. The van der Waals surface area contributed by atoms with Crippen LogP contribution < -0.4 is 75.7 Å². The van der Waals surface area contributed by atoms with Crippen LogP contribution in [0.2, 0.25) is 0 Å². The molecular formula is C72H90FN19O18S2. The molecule has 112 heavy (non-hydrogen) atoms. The number of hydrogen-bond acceptors (Lipinski definition) is 20. The number of aliphatic hydroxyl groups is 1. The summed E-state index contributed by atoms with van der Waals surface area (Å²) in [5, 5.41) is 49.8. The first-order chi connectivity index (χ1) is 53.3. The van der Waals surface area contributed by atoms with E-state index in [-0.39, 0.29) is 43.5 Å². The highest BCUT2D eigenvalue weighted by atomic mass is 33.1. The molecule has 2 saturated heterocycles. The molecule has 0 radical (unpaired) electrons. The highest BCUT2D eigenvalue weighted by molar-refractivity contribution is 8.76. The average molecular weight is 1590 g/mol. The van der Waals surface area contributed by atoms with Crippen molar-refractivity contribution in [2.24, 2.45) is 23.1 Å². The van der Waals surface area contributed by atoms with Crippen molar-refractivity contribution in [3.05, 3.63) is 126 Å². The number of halogens is 1. The van der Waals surface area contributed by atoms with Gasteiger partial charge in [-0.1, -0.05) is 90.4 Å². The van der Waals surface area contributed by atoms with Gasteiger partial charge in [-0.2, -0.15) is 0 Å². The van der Waals surface area contributed by atoms with Crippen LogP contribution in [0.1, 0.15) is 88.6 Å². The molecule has 40 heteroatoms. The van der Waals surface area contributed by atoms with Crippen LogP contribution in [0, 0.1) is 11.7 Å². The van der Waals surface area contributed by atoms with Gasteiger partial charge >= 0.3 is 5.97 Å². The summed E-state index contributed by atoms with van der Waals surface area (Å²) in [6.45, 7) is 5.52. The monoisotopic (exact) mass is 1590 g/mol. The number of nitrogens with zero attached hydrogens (tertiary/aromatic N) is 2. The first-order valence-electron chi connectivity index (χ1n) is 35.7. The fraction of sp³-hybridized carbons (Fsp3) is 0.431. The number of carboxylic acid groups (broad SMARTS) is 1. The Balaban J connectivity index is 1.18. The number of carbonyl (C=O) groups excluding carboxylic acids is 15. The Morgan fingerprint density at radius 3 is 1.66 bits per heavy atom. The summed E-state index contributed by atoms with van der Waals surface area (Å²) in [7, 11) is 1.40. The summed E-state index contributed by atoms with van der Waals surface area (Å²) in [5.41, 5.74) is 19.8. The number of aromatic nitrogens is 4. The van der Waals surface area contributed by atoms with Crippen LogP contribution in [0.4, 0.5) is 4.39 Å². The largest absolute Gasteiger partial charge is 0.481 e. The number of para-hydroxylation sites is 2. The van der Waals surface area contributed by atoms with Gasteiger partial charge in [0.15, 0.2) is 0 Å². The number of fused-ring (bicyclic) bond motifs is 2. The molecule has 0 unspecified atom stereocenters. The van der Waals surface area contributed by atoms with E-state index < -0.39 is 229 Å². The molecule has 2 fully saturated rings. The maximum Gasteiger partial charge on any atom is 0.305 e. The zero-order chi connectivity index (χ0) is 81.6. The number of primary amides is 3. The second-order valence-corrected chi connectivity index (χ2v) is 29.7. The number of carbonyl (C=O) groups is 16. The minimum Gasteiger partial charge on any atom is -0.481 e. The first kappa shape index (κ1) is 85.7. The van der Waals surface area contributed by atoms with Gasteiger partial charge in [0, 0.05) is 91.1 Å². The lowest BCUT2D eigenvalue weighted by Crippen LogP contribution is -2.63. The number of amides is 15. The summed E-state index contributed by atoms with van der Waals surface area (Å²) in [4.78, 5) is 241. The van der Waals surface area contributed by atoms with Crippen LogP contribution >= 0.6 is 21.6 Å². The van der Waals surface area contributed by atoms with Crippen molar-refractivity contribution >= 4 is 138 Å². The molecule has 15 amide bonds. The van der Waals surface area contributed by atoms with Crippen molar-refractivity contribution in [3.63, 3.8) is 0 Å². The number of benzene rings is 3. The van der Waals surface area contributed by atoms with E-state index >= 15 is 14.4 Å². The number of H-pyrrole nitrogens is 3. The van der Waals surface area contributed by atoms with E-state index in [1.54, 1.807) is 67.8 Å². The van der Waals surface area contributed by atoms with Gasteiger partial charge in [-0.15, -0.1) is 0 Å². The van der Waals surface area contributed by atoms with Gasteiger partial charge < -0.3 is 106 Å². The molecule has 22 N–H and O–H groups in total. The van der Waals surface area contributed by atoms with E-state index in [4.69, 9.17) is 17.2 Å². The Kier molecular flexibility index (Phi) is 30.7. The third-order valence-electron chi connectivity index (χ3n) is 18.7. The van der Waals surface area contributed by atoms with Crippen LogP contribution in [0.25, 0.3) is 21.8 Å².